The van der Waals surface area contributed by atoms with E-state index in [4.69, 9.17) is 0 Å². The minimum atomic E-state index is -0.361. The van der Waals surface area contributed by atoms with Crippen LogP contribution in [0, 0.1) is 23.7 Å². The molecule has 0 saturated heterocycles. The van der Waals surface area contributed by atoms with Crippen LogP contribution in [0.2, 0.25) is 0 Å². The Morgan fingerprint density at radius 2 is 2.20 bits per heavy atom. The molecule has 2 heteroatoms. The summed E-state index contributed by atoms with van der Waals surface area (Å²) in [6, 6.07) is 0. The second-order valence-corrected chi connectivity index (χ2v) is 7.02. The molecule has 2 saturated carbocycles. The summed E-state index contributed by atoms with van der Waals surface area (Å²) >= 11 is 0. The van der Waals surface area contributed by atoms with Gasteiger partial charge in [-0.05, 0) is 49.5 Å². The number of hydrogen-bond acceptors (Lipinski definition) is 2. The van der Waals surface area contributed by atoms with E-state index < -0.39 is 0 Å². The topological polar surface area (TPSA) is 40.5 Å². The number of aliphatic hydroxyl groups is 2. The molecule has 2 N–H and O–H groups in total. The summed E-state index contributed by atoms with van der Waals surface area (Å²) in [6.07, 6.45) is 9.09. The van der Waals surface area contributed by atoms with Crippen molar-refractivity contribution >= 4 is 0 Å². The molecule has 114 valence electrons. The van der Waals surface area contributed by atoms with Crippen molar-refractivity contribution in [2.45, 2.75) is 64.9 Å². The van der Waals surface area contributed by atoms with Crippen LogP contribution in [-0.2, 0) is 0 Å². The first-order valence-corrected chi connectivity index (χ1v) is 8.26. The Labute approximate surface area is 123 Å². The van der Waals surface area contributed by atoms with Crippen LogP contribution in [0.25, 0.3) is 0 Å². The molecule has 0 heterocycles. The standard InChI is InChI=1S/C18H30O2/c1-4-5-6-12(2)7-8-16(19)18-15-10-13(3)9-14(15)11-17(18)20/h8,12,14-15,17-20H,3-7,9-11H2,1-2H3/b16-8+/t12-,14-,15+,17+,18-/m0/s1. The Kier molecular flexibility index (Phi) is 5.31. The molecule has 0 aromatic carbocycles. The minimum absolute atomic E-state index is 0.0439. The Balaban J connectivity index is 1.93. The number of fused-ring (bicyclic) bond motifs is 1. The van der Waals surface area contributed by atoms with Crippen molar-refractivity contribution in [1.29, 1.82) is 0 Å². The molecule has 2 aliphatic rings. The maximum absolute atomic E-state index is 10.4. The lowest BCUT2D eigenvalue weighted by Gasteiger charge is -2.21. The first-order valence-electron chi connectivity index (χ1n) is 8.26. The van der Waals surface area contributed by atoms with Crippen molar-refractivity contribution in [2.24, 2.45) is 23.7 Å². The second-order valence-electron chi connectivity index (χ2n) is 7.02. The molecule has 0 aromatic heterocycles. The van der Waals surface area contributed by atoms with Gasteiger partial charge in [-0.3, -0.25) is 0 Å². The average Bonchev–Trinajstić information content (AvgIpc) is 2.87. The number of rotatable bonds is 6. The van der Waals surface area contributed by atoms with E-state index in [-0.39, 0.29) is 12.0 Å². The number of hydrogen-bond donors (Lipinski definition) is 2. The molecular weight excluding hydrogens is 248 g/mol. The Morgan fingerprint density at radius 3 is 2.90 bits per heavy atom. The van der Waals surface area contributed by atoms with Crippen LogP contribution < -0.4 is 0 Å². The second kappa shape index (κ2) is 6.80. The van der Waals surface area contributed by atoms with E-state index in [9.17, 15) is 10.2 Å². The van der Waals surface area contributed by atoms with E-state index >= 15 is 0 Å². The maximum atomic E-state index is 10.4. The Hall–Kier alpha value is -0.760. The lowest BCUT2D eigenvalue weighted by atomic mass is 9.88. The van der Waals surface area contributed by atoms with E-state index in [2.05, 4.69) is 20.4 Å². The molecule has 0 amide bonds. The van der Waals surface area contributed by atoms with Gasteiger partial charge in [0, 0.05) is 5.92 Å². The summed E-state index contributed by atoms with van der Waals surface area (Å²) in [5, 5.41) is 20.6. The highest BCUT2D eigenvalue weighted by Crippen LogP contribution is 2.51. The SMILES string of the molecule is C=C1C[C@H]2C[C@@H](O)[C@H](/C(O)=C\C[C@@H](C)CCCC)[C@@H]2C1. The van der Waals surface area contributed by atoms with Crippen LogP contribution in [0.5, 0.6) is 0 Å². The van der Waals surface area contributed by atoms with Gasteiger partial charge in [-0.2, -0.15) is 0 Å². The normalized spacial score (nSPS) is 35.4. The molecule has 2 fully saturated rings. The molecule has 2 aliphatic carbocycles. The van der Waals surface area contributed by atoms with Crippen LogP contribution >= 0.6 is 0 Å². The monoisotopic (exact) mass is 278 g/mol. The average molecular weight is 278 g/mol. The van der Waals surface area contributed by atoms with Gasteiger partial charge in [0.05, 0.1) is 11.9 Å². The molecule has 2 nitrogen and oxygen atoms in total. The summed E-state index contributed by atoms with van der Waals surface area (Å²) in [6.45, 7) is 8.53. The van der Waals surface area contributed by atoms with Crippen molar-refractivity contribution in [1.82, 2.24) is 0 Å². The summed E-state index contributed by atoms with van der Waals surface area (Å²) in [5.74, 6) is 1.96. The fourth-order valence-corrected chi connectivity index (χ4v) is 4.07. The highest BCUT2D eigenvalue weighted by atomic mass is 16.3. The molecule has 0 spiro atoms. The summed E-state index contributed by atoms with van der Waals surface area (Å²) in [7, 11) is 0. The van der Waals surface area contributed by atoms with Crippen LogP contribution in [0.15, 0.2) is 24.0 Å². The quantitative estimate of drug-likeness (QED) is 0.550. The molecule has 0 aliphatic heterocycles. The van der Waals surface area contributed by atoms with Crippen molar-refractivity contribution in [3.63, 3.8) is 0 Å². The zero-order valence-electron chi connectivity index (χ0n) is 13.0. The fraction of sp³-hybridized carbons (Fsp3) is 0.778. The van der Waals surface area contributed by atoms with Crippen molar-refractivity contribution in [3.8, 4) is 0 Å². The molecule has 20 heavy (non-hydrogen) atoms. The Morgan fingerprint density at radius 1 is 1.45 bits per heavy atom. The summed E-state index contributed by atoms with van der Waals surface area (Å²) in [5.41, 5.74) is 1.29. The number of allylic oxidation sites excluding steroid dienone is 2. The molecular formula is C18H30O2. The highest BCUT2D eigenvalue weighted by molar-refractivity contribution is 5.17. The first kappa shape index (κ1) is 15.6. The van der Waals surface area contributed by atoms with Gasteiger partial charge >= 0.3 is 0 Å². The largest absolute Gasteiger partial charge is 0.512 e. The lowest BCUT2D eigenvalue weighted by Crippen LogP contribution is -2.21. The number of aliphatic hydroxyl groups excluding tert-OH is 2. The molecule has 0 radical (unpaired) electrons. The van der Waals surface area contributed by atoms with Crippen LogP contribution in [0.4, 0.5) is 0 Å². The molecule has 2 rings (SSSR count). The van der Waals surface area contributed by atoms with Crippen LogP contribution in [0.3, 0.4) is 0 Å². The number of unbranched alkanes of at least 4 members (excludes halogenated alkanes) is 1. The van der Waals surface area contributed by atoms with Gasteiger partial charge in [-0.1, -0.05) is 45.3 Å². The molecule has 5 atom stereocenters. The van der Waals surface area contributed by atoms with Gasteiger partial charge in [0.15, 0.2) is 0 Å². The van der Waals surface area contributed by atoms with Gasteiger partial charge in [0.25, 0.3) is 0 Å². The Bertz CT molecular complexity index is 372. The molecule has 0 aromatic rings. The van der Waals surface area contributed by atoms with E-state index in [1.165, 1.54) is 24.8 Å². The third-order valence-corrected chi connectivity index (χ3v) is 5.22. The minimum Gasteiger partial charge on any atom is -0.512 e. The fourth-order valence-electron chi connectivity index (χ4n) is 4.07. The van der Waals surface area contributed by atoms with Crippen molar-refractivity contribution in [3.05, 3.63) is 24.0 Å². The molecule has 0 bridgehead atoms. The van der Waals surface area contributed by atoms with E-state index in [0.29, 0.717) is 23.5 Å². The molecule has 0 unspecified atom stereocenters. The predicted molar refractivity (Wildman–Crippen MR) is 83.5 cm³/mol. The van der Waals surface area contributed by atoms with Crippen molar-refractivity contribution in [2.75, 3.05) is 0 Å². The van der Waals surface area contributed by atoms with Gasteiger partial charge in [0.1, 0.15) is 0 Å². The van der Waals surface area contributed by atoms with Gasteiger partial charge in [-0.25, -0.2) is 0 Å². The predicted octanol–water partition coefficient (Wildman–Crippen LogP) is 4.61. The lowest BCUT2D eigenvalue weighted by molar-refractivity contribution is 0.109. The third-order valence-electron chi connectivity index (χ3n) is 5.22. The summed E-state index contributed by atoms with van der Waals surface area (Å²) < 4.78 is 0. The smallest absolute Gasteiger partial charge is 0.0942 e. The van der Waals surface area contributed by atoms with E-state index in [1.807, 2.05) is 6.08 Å². The van der Waals surface area contributed by atoms with Gasteiger partial charge in [-0.15, -0.1) is 0 Å². The zero-order valence-corrected chi connectivity index (χ0v) is 13.0. The van der Waals surface area contributed by atoms with E-state index in [1.54, 1.807) is 0 Å². The summed E-state index contributed by atoms with van der Waals surface area (Å²) in [4.78, 5) is 0. The van der Waals surface area contributed by atoms with E-state index in [0.717, 1.165) is 25.7 Å². The maximum Gasteiger partial charge on any atom is 0.0942 e. The zero-order chi connectivity index (χ0) is 14.7. The van der Waals surface area contributed by atoms with Gasteiger partial charge in [0.2, 0.25) is 0 Å². The first-order chi connectivity index (χ1) is 9.52. The van der Waals surface area contributed by atoms with Crippen LogP contribution in [-0.4, -0.2) is 16.3 Å². The highest BCUT2D eigenvalue weighted by Gasteiger charge is 2.47. The third kappa shape index (κ3) is 3.46. The van der Waals surface area contributed by atoms with Crippen molar-refractivity contribution < 1.29 is 10.2 Å². The van der Waals surface area contributed by atoms with Gasteiger partial charge < -0.3 is 10.2 Å². The van der Waals surface area contributed by atoms with Crippen LogP contribution in [0.1, 0.15) is 58.8 Å².